The Labute approximate surface area is 363 Å². The number of anilines is 2. The molecule has 296 valence electrons. The van der Waals surface area contributed by atoms with Crippen molar-refractivity contribution in [3.05, 3.63) is 218 Å². The molecule has 0 aromatic heterocycles. The standard InChI is InChI=1S/C36H27NOP2.C12H9N.CH4O3S.Pd/c1-5-15-27(16-6-1)39(28-17-7-2-8-18-28)33-25-13-23-31-35(33)38-36-32(37-31)24-14-26-34(36)40(29-19-9-3-10-20-29)30-21-11-4-12-22-30;13-12-9-5-4-8-11(12)10-6-2-1-3-7-10;1-5(2,3)4;/h1-26,37H;1-6,8-9,13H;1H3,(H,2,3,4);/q;-2;;+2. The van der Waals surface area contributed by atoms with E-state index >= 15 is 0 Å². The van der Waals surface area contributed by atoms with Crippen molar-refractivity contribution in [3.63, 3.8) is 0 Å². The van der Waals surface area contributed by atoms with E-state index in [0.29, 0.717) is 11.9 Å². The molecule has 8 aromatic rings. The first kappa shape index (κ1) is 43.2. The minimum absolute atomic E-state index is 0. The van der Waals surface area contributed by atoms with E-state index in [2.05, 4.69) is 169 Å². The van der Waals surface area contributed by atoms with Gasteiger partial charge in [-0.15, -0.1) is 41.5 Å². The quantitative estimate of drug-likeness (QED) is 0.0743. The van der Waals surface area contributed by atoms with E-state index in [0.717, 1.165) is 34.0 Å². The van der Waals surface area contributed by atoms with Crippen LogP contribution in [0.4, 0.5) is 17.1 Å². The molecule has 59 heavy (non-hydrogen) atoms. The maximum Gasteiger partial charge on any atom is 2.00 e. The van der Waals surface area contributed by atoms with E-state index < -0.39 is 26.0 Å². The van der Waals surface area contributed by atoms with Crippen LogP contribution < -0.4 is 41.9 Å². The van der Waals surface area contributed by atoms with Crippen LogP contribution in [0.5, 0.6) is 11.5 Å². The smallest absolute Gasteiger partial charge is 0.748 e. The summed E-state index contributed by atoms with van der Waals surface area (Å²) in [6, 6.07) is 74.7. The number of para-hydroxylation sites is 2. The normalized spacial score (nSPS) is 11.2. The second-order valence-electron chi connectivity index (χ2n) is 13.2. The maximum atomic E-state index is 9.08. The van der Waals surface area contributed by atoms with Crippen LogP contribution in [0.2, 0.25) is 0 Å². The van der Waals surface area contributed by atoms with Gasteiger partial charge in [0.2, 0.25) is 0 Å². The first-order chi connectivity index (χ1) is 28.2. The van der Waals surface area contributed by atoms with Gasteiger partial charge in [-0.1, -0.05) is 133 Å². The predicted molar refractivity (Wildman–Crippen MR) is 245 cm³/mol. The molecule has 0 saturated heterocycles. The fourth-order valence-electron chi connectivity index (χ4n) is 6.64. The van der Waals surface area contributed by atoms with Gasteiger partial charge >= 0.3 is 20.4 Å². The van der Waals surface area contributed by atoms with Crippen LogP contribution in [0.3, 0.4) is 0 Å². The summed E-state index contributed by atoms with van der Waals surface area (Å²) in [4.78, 5) is 0. The third-order valence-electron chi connectivity index (χ3n) is 9.07. The second kappa shape index (κ2) is 20.5. The van der Waals surface area contributed by atoms with Gasteiger partial charge in [-0.05, 0) is 67.1 Å². The number of ether oxygens (including phenoxy) is 1. The minimum Gasteiger partial charge on any atom is -0.748 e. The largest absolute Gasteiger partial charge is 2.00 e. The van der Waals surface area contributed by atoms with E-state index in [-0.39, 0.29) is 20.4 Å². The van der Waals surface area contributed by atoms with E-state index in [9.17, 15) is 0 Å². The van der Waals surface area contributed by atoms with Gasteiger partial charge in [0.15, 0.2) is 11.5 Å². The van der Waals surface area contributed by atoms with Crippen molar-refractivity contribution in [3.8, 4) is 22.6 Å². The summed E-state index contributed by atoms with van der Waals surface area (Å²) in [7, 11) is -6.05. The number of benzene rings is 8. The molecule has 0 spiro atoms. The van der Waals surface area contributed by atoms with Crippen molar-refractivity contribution in [2.24, 2.45) is 0 Å². The van der Waals surface area contributed by atoms with Crippen LogP contribution in [0, 0.1) is 6.07 Å². The van der Waals surface area contributed by atoms with Crippen molar-refractivity contribution < 1.29 is 38.1 Å². The molecule has 1 heterocycles. The summed E-state index contributed by atoms with van der Waals surface area (Å²) in [5.41, 5.74) is 12.2. The summed E-state index contributed by atoms with van der Waals surface area (Å²) in [5.74, 6) is 1.85. The molecule has 2 N–H and O–H groups in total. The Morgan fingerprint density at radius 1 is 0.593 bits per heavy atom. The summed E-state index contributed by atoms with van der Waals surface area (Å²) in [6.07, 6.45) is 0.604. The van der Waals surface area contributed by atoms with Crippen molar-refractivity contribution in [1.29, 1.82) is 0 Å². The van der Waals surface area contributed by atoms with Crippen molar-refractivity contribution in [2.75, 3.05) is 11.6 Å². The van der Waals surface area contributed by atoms with Gasteiger partial charge in [0.1, 0.15) is 23.8 Å². The van der Waals surface area contributed by atoms with Crippen molar-refractivity contribution in [2.45, 2.75) is 0 Å². The second-order valence-corrected chi connectivity index (χ2v) is 19.2. The number of hydrogen-bond acceptors (Lipinski definition) is 5. The zero-order valence-electron chi connectivity index (χ0n) is 31.9. The molecular weight excluding hydrogens is 881 g/mol. The molecule has 0 atom stereocenters. The van der Waals surface area contributed by atoms with Crippen LogP contribution in [0.25, 0.3) is 16.9 Å². The molecule has 0 saturated carbocycles. The molecule has 0 aliphatic carbocycles. The number of nitrogens with one attached hydrogen (secondary N) is 2. The van der Waals surface area contributed by atoms with Gasteiger partial charge in [0.05, 0.1) is 21.5 Å². The van der Waals surface area contributed by atoms with Gasteiger partial charge < -0.3 is 20.3 Å². The van der Waals surface area contributed by atoms with Crippen LogP contribution in [0.1, 0.15) is 0 Å². The third kappa shape index (κ3) is 11.2. The fourth-order valence-corrected chi connectivity index (χ4v) is 11.7. The molecule has 10 heteroatoms. The first-order valence-corrected chi connectivity index (χ1v) is 23.2. The number of hydrogen-bond donors (Lipinski definition) is 1. The monoisotopic (exact) mass is 920 g/mol. The molecule has 9 rings (SSSR count). The van der Waals surface area contributed by atoms with E-state index in [1.807, 2.05) is 42.5 Å². The summed E-state index contributed by atoms with van der Waals surface area (Å²) in [6.45, 7) is 0. The summed E-state index contributed by atoms with van der Waals surface area (Å²) in [5, 5.41) is 11.5. The van der Waals surface area contributed by atoms with Gasteiger partial charge in [-0.25, -0.2) is 8.42 Å². The van der Waals surface area contributed by atoms with Crippen LogP contribution in [-0.2, 0) is 30.5 Å². The van der Waals surface area contributed by atoms with Gasteiger partial charge in [0, 0.05) is 11.6 Å². The Bertz CT molecular complexity index is 2460. The molecule has 0 amide bonds. The Morgan fingerprint density at radius 3 is 1.59 bits per heavy atom. The minimum atomic E-state index is -3.92. The molecule has 1 aliphatic rings. The summed E-state index contributed by atoms with van der Waals surface area (Å²) < 4.78 is 34.3. The molecular formula is C49H40N2O4P2PdS. The van der Waals surface area contributed by atoms with Gasteiger partial charge in [0.25, 0.3) is 0 Å². The van der Waals surface area contributed by atoms with E-state index in [4.69, 9.17) is 23.4 Å². The Hall–Kier alpha value is -5.41. The zero-order valence-corrected chi connectivity index (χ0v) is 36.2. The molecule has 1 aliphatic heterocycles. The van der Waals surface area contributed by atoms with Gasteiger partial charge in [-0.2, -0.15) is 5.69 Å². The molecule has 0 bridgehead atoms. The zero-order chi connectivity index (χ0) is 40.3. The first-order valence-electron chi connectivity index (χ1n) is 18.5. The fraction of sp³-hybridized carbons (Fsp3) is 0.0204. The molecule has 6 nitrogen and oxygen atoms in total. The maximum absolute atomic E-state index is 9.08. The van der Waals surface area contributed by atoms with Crippen molar-refractivity contribution >= 4 is 74.9 Å². The topological polar surface area (TPSA) is 102 Å². The predicted octanol–water partition coefficient (Wildman–Crippen LogP) is 9.78. The number of rotatable bonds is 7. The van der Waals surface area contributed by atoms with E-state index in [1.54, 1.807) is 6.07 Å². The van der Waals surface area contributed by atoms with Crippen LogP contribution in [0.15, 0.2) is 206 Å². The third-order valence-corrected chi connectivity index (χ3v) is 14.3. The average Bonchev–Trinajstić information content (AvgIpc) is 3.25. The van der Waals surface area contributed by atoms with E-state index in [1.165, 1.54) is 31.8 Å². The molecule has 0 radical (unpaired) electrons. The average molecular weight is 921 g/mol. The molecule has 8 aromatic carbocycles. The Kier molecular flexibility index (Phi) is 15.0. The molecule has 0 unspecified atom stereocenters. The SMILES string of the molecule is CS(=O)(=O)[O-].[NH-]c1ccccc1-c1[c-]cccc1.[Pd+2].c1ccc(P(c2ccccc2)c2cccc3c2Oc2c(cccc2[PH+](c2ccccc2)c2ccccc2)N3)cc1. The Balaban J connectivity index is 0.000000256. The van der Waals surface area contributed by atoms with Crippen LogP contribution >= 0.6 is 15.8 Å². The van der Waals surface area contributed by atoms with Gasteiger partial charge in [-0.3, -0.25) is 0 Å². The number of fused-ring (bicyclic) bond motifs is 2. The molecule has 0 fully saturated rings. The Morgan fingerprint density at radius 2 is 1.07 bits per heavy atom. The summed E-state index contributed by atoms with van der Waals surface area (Å²) >= 11 is 0. The van der Waals surface area contributed by atoms with Crippen LogP contribution in [-0.4, -0.2) is 19.2 Å². The van der Waals surface area contributed by atoms with Crippen molar-refractivity contribution in [1.82, 2.24) is 0 Å².